The number of benzene rings is 1. The Morgan fingerprint density at radius 3 is 2.76 bits per heavy atom. The summed E-state index contributed by atoms with van der Waals surface area (Å²) in [4.78, 5) is 11.9. The number of amides is 1. The third kappa shape index (κ3) is 2.26. The minimum Gasteiger partial charge on any atom is -0.398 e. The third-order valence-corrected chi connectivity index (χ3v) is 3.17. The van der Waals surface area contributed by atoms with E-state index in [4.69, 9.17) is 11.5 Å². The predicted octanol–water partition coefficient (Wildman–Crippen LogP) is 1.48. The van der Waals surface area contributed by atoms with E-state index in [9.17, 15) is 4.79 Å². The van der Waals surface area contributed by atoms with Gasteiger partial charge < -0.3 is 11.5 Å². The average Bonchev–Trinajstić information content (AvgIpc) is 2.79. The number of nitrogens with zero attached hydrogens (tertiary/aromatic N) is 1. The smallest absolute Gasteiger partial charge is 0.266 e. The van der Waals surface area contributed by atoms with Crippen LogP contribution in [0.15, 0.2) is 29.2 Å². The first kappa shape index (κ1) is 11.5. The van der Waals surface area contributed by atoms with Crippen LogP contribution in [0.2, 0.25) is 0 Å². The number of aromatic amines is 1. The summed E-state index contributed by atoms with van der Waals surface area (Å²) in [6, 6.07) is 7.23. The van der Waals surface area contributed by atoms with Crippen LogP contribution >= 0.6 is 11.8 Å². The first-order valence-electron chi connectivity index (χ1n) is 4.91. The van der Waals surface area contributed by atoms with Crippen molar-refractivity contribution in [2.45, 2.75) is 4.90 Å². The molecule has 0 aliphatic rings. The zero-order valence-electron chi connectivity index (χ0n) is 9.23. The highest BCUT2D eigenvalue weighted by atomic mass is 32.2. The van der Waals surface area contributed by atoms with E-state index in [0.717, 1.165) is 16.1 Å². The Hall–Kier alpha value is -1.95. The number of hydrogen-bond donors (Lipinski definition) is 3. The SMILES string of the molecule is CSc1cc(-c2cc(C(N)=O)[nH]n2)ccc1N. The summed E-state index contributed by atoms with van der Waals surface area (Å²) in [6.07, 6.45) is 1.95. The summed E-state index contributed by atoms with van der Waals surface area (Å²) < 4.78 is 0. The Balaban J connectivity index is 2.42. The minimum atomic E-state index is -0.524. The standard InChI is InChI=1S/C11H12N4OS/c1-17-10-4-6(2-3-7(10)12)8-5-9(11(13)16)15-14-8/h2-5H,12H2,1H3,(H2,13,16)(H,14,15). The fourth-order valence-corrected chi connectivity index (χ4v) is 2.01. The van der Waals surface area contributed by atoms with Gasteiger partial charge in [0.1, 0.15) is 5.69 Å². The molecule has 1 amide bonds. The maximum absolute atomic E-state index is 10.9. The van der Waals surface area contributed by atoms with Crippen molar-refractivity contribution in [3.8, 4) is 11.3 Å². The number of nitrogens with one attached hydrogen (secondary N) is 1. The summed E-state index contributed by atoms with van der Waals surface area (Å²) in [5.41, 5.74) is 13.6. The molecule has 1 heterocycles. The van der Waals surface area contributed by atoms with E-state index in [1.54, 1.807) is 17.8 Å². The van der Waals surface area contributed by atoms with Crippen LogP contribution in [-0.4, -0.2) is 22.4 Å². The molecule has 2 aromatic rings. The number of carbonyl (C=O) groups excluding carboxylic acids is 1. The van der Waals surface area contributed by atoms with Gasteiger partial charge in [-0.25, -0.2) is 0 Å². The minimum absolute atomic E-state index is 0.294. The van der Waals surface area contributed by atoms with Crippen molar-refractivity contribution in [3.63, 3.8) is 0 Å². The normalized spacial score (nSPS) is 10.4. The molecule has 1 aromatic heterocycles. The molecule has 1 aromatic carbocycles. The monoisotopic (exact) mass is 248 g/mol. The maximum Gasteiger partial charge on any atom is 0.266 e. The molecular formula is C11H12N4OS. The van der Waals surface area contributed by atoms with Crippen molar-refractivity contribution in [2.24, 2.45) is 5.73 Å². The molecule has 5 nitrogen and oxygen atoms in total. The van der Waals surface area contributed by atoms with Crippen molar-refractivity contribution in [3.05, 3.63) is 30.0 Å². The van der Waals surface area contributed by atoms with Gasteiger partial charge in [-0.3, -0.25) is 9.89 Å². The second-order valence-electron chi connectivity index (χ2n) is 3.49. The number of aromatic nitrogens is 2. The lowest BCUT2D eigenvalue weighted by Gasteiger charge is -2.03. The number of nitrogens with two attached hydrogens (primary N) is 2. The molecule has 0 bridgehead atoms. The first-order chi connectivity index (χ1) is 8.11. The fourth-order valence-electron chi connectivity index (χ4n) is 1.47. The van der Waals surface area contributed by atoms with Crippen LogP contribution in [0.25, 0.3) is 11.3 Å². The quantitative estimate of drug-likeness (QED) is 0.566. The first-order valence-corrected chi connectivity index (χ1v) is 6.13. The second-order valence-corrected chi connectivity index (χ2v) is 4.34. The van der Waals surface area contributed by atoms with E-state index in [-0.39, 0.29) is 0 Å². The molecule has 88 valence electrons. The number of primary amides is 1. The molecule has 0 saturated heterocycles. The van der Waals surface area contributed by atoms with Crippen LogP contribution < -0.4 is 11.5 Å². The van der Waals surface area contributed by atoms with Gasteiger partial charge in [-0.15, -0.1) is 11.8 Å². The molecule has 2 rings (SSSR count). The zero-order valence-corrected chi connectivity index (χ0v) is 10.0. The topological polar surface area (TPSA) is 97.8 Å². The molecule has 0 unspecified atom stereocenters. The largest absolute Gasteiger partial charge is 0.398 e. The molecule has 6 heteroatoms. The van der Waals surface area contributed by atoms with E-state index < -0.39 is 5.91 Å². The zero-order chi connectivity index (χ0) is 12.4. The number of nitrogen functional groups attached to an aromatic ring is 1. The van der Waals surface area contributed by atoms with Crippen LogP contribution in [0.1, 0.15) is 10.5 Å². The Morgan fingerprint density at radius 1 is 1.41 bits per heavy atom. The van der Waals surface area contributed by atoms with Gasteiger partial charge in [0.05, 0.1) is 5.69 Å². The van der Waals surface area contributed by atoms with E-state index in [1.165, 1.54) is 0 Å². The highest BCUT2D eigenvalue weighted by molar-refractivity contribution is 7.98. The third-order valence-electron chi connectivity index (χ3n) is 2.37. The lowest BCUT2D eigenvalue weighted by molar-refractivity contribution is 0.0995. The predicted molar refractivity (Wildman–Crippen MR) is 68.7 cm³/mol. The number of rotatable bonds is 3. The molecule has 5 N–H and O–H groups in total. The van der Waals surface area contributed by atoms with Gasteiger partial charge in [0.25, 0.3) is 5.91 Å². The fraction of sp³-hybridized carbons (Fsp3) is 0.0909. The molecule has 0 atom stereocenters. The van der Waals surface area contributed by atoms with E-state index in [2.05, 4.69) is 10.2 Å². The molecule has 0 aliphatic carbocycles. The maximum atomic E-state index is 10.9. The highest BCUT2D eigenvalue weighted by Gasteiger charge is 2.09. The Kier molecular flexibility index (Phi) is 3.06. The van der Waals surface area contributed by atoms with Crippen LogP contribution in [0.4, 0.5) is 5.69 Å². The summed E-state index contributed by atoms with van der Waals surface area (Å²) in [5, 5.41) is 6.63. The van der Waals surface area contributed by atoms with Crippen molar-refractivity contribution >= 4 is 23.4 Å². The molecule has 0 spiro atoms. The molecule has 0 aliphatic heterocycles. The van der Waals surface area contributed by atoms with Crippen molar-refractivity contribution < 1.29 is 4.79 Å². The average molecular weight is 248 g/mol. The summed E-state index contributed by atoms with van der Waals surface area (Å²) in [7, 11) is 0. The summed E-state index contributed by atoms with van der Waals surface area (Å²) >= 11 is 1.56. The van der Waals surface area contributed by atoms with Crippen LogP contribution in [-0.2, 0) is 0 Å². The van der Waals surface area contributed by atoms with Gasteiger partial charge in [0.2, 0.25) is 0 Å². The number of hydrogen-bond acceptors (Lipinski definition) is 4. The Bertz CT molecular complexity index is 564. The van der Waals surface area contributed by atoms with Gasteiger partial charge in [-0.2, -0.15) is 5.10 Å². The number of anilines is 1. The van der Waals surface area contributed by atoms with Crippen molar-refractivity contribution in [1.82, 2.24) is 10.2 Å². The number of thioether (sulfide) groups is 1. The van der Waals surface area contributed by atoms with Crippen LogP contribution in [0.3, 0.4) is 0 Å². The Morgan fingerprint density at radius 2 is 2.18 bits per heavy atom. The van der Waals surface area contributed by atoms with Gasteiger partial charge >= 0.3 is 0 Å². The van der Waals surface area contributed by atoms with E-state index in [1.807, 2.05) is 24.5 Å². The summed E-state index contributed by atoms with van der Waals surface area (Å²) in [5.74, 6) is -0.524. The Labute approximate surface area is 103 Å². The van der Waals surface area contributed by atoms with Gasteiger partial charge in [-0.05, 0) is 24.5 Å². The van der Waals surface area contributed by atoms with Crippen molar-refractivity contribution in [1.29, 1.82) is 0 Å². The van der Waals surface area contributed by atoms with Gasteiger partial charge in [0, 0.05) is 16.1 Å². The molecule has 0 saturated carbocycles. The lowest BCUT2D eigenvalue weighted by atomic mass is 10.1. The van der Waals surface area contributed by atoms with Crippen LogP contribution in [0.5, 0.6) is 0 Å². The summed E-state index contributed by atoms with van der Waals surface area (Å²) in [6.45, 7) is 0. The molecular weight excluding hydrogens is 236 g/mol. The molecule has 17 heavy (non-hydrogen) atoms. The lowest BCUT2D eigenvalue weighted by Crippen LogP contribution is -2.10. The van der Waals surface area contributed by atoms with E-state index >= 15 is 0 Å². The van der Waals surface area contributed by atoms with Crippen molar-refractivity contribution in [2.75, 3.05) is 12.0 Å². The number of carbonyl (C=O) groups is 1. The van der Waals surface area contributed by atoms with E-state index in [0.29, 0.717) is 11.4 Å². The van der Waals surface area contributed by atoms with Gasteiger partial charge in [0.15, 0.2) is 0 Å². The van der Waals surface area contributed by atoms with Gasteiger partial charge in [-0.1, -0.05) is 6.07 Å². The molecule has 0 radical (unpaired) electrons. The number of H-pyrrole nitrogens is 1. The highest BCUT2D eigenvalue weighted by Crippen LogP contribution is 2.28. The van der Waals surface area contributed by atoms with Crippen LogP contribution in [0, 0.1) is 0 Å². The molecule has 0 fully saturated rings. The second kappa shape index (κ2) is 4.50.